The highest BCUT2D eigenvalue weighted by molar-refractivity contribution is 5.14. The molecule has 182 valence electrons. The van der Waals surface area contributed by atoms with Crippen molar-refractivity contribution in [3.8, 4) is 0 Å². The van der Waals surface area contributed by atoms with Crippen LogP contribution in [-0.2, 0) is 4.74 Å². The van der Waals surface area contributed by atoms with Crippen LogP contribution in [0.2, 0.25) is 0 Å². The molecule has 4 saturated carbocycles. The van der Waals surface area contributed by atoms with Gasteiger partial charge in [-0.3, -0.25) is 9.80 Å². The average molecular weight is 447 g/mol. The van der Waals surface area contributed by atoms with Crippen LogP contribution in [0.15, 0.2) is 0 Å². The van der Waals surface area contributed by atoms with E-state index in [9.17, 15) is 10.2 Å². The minimum atomic E-state index is -0.176. The minimum absolute atomic E-state index is 0.107. The Bertz CT molecular complexity index is 692. The van der Waals surface area contributed by atoms with Gasteiger partial charge < -0.3 is 14.9 Å². The van der Waals surface area contributed by atoms with E-state index < -0.39 is 0 Å². The zero-order valence-electron chi connectivity index (χ0n) is 20.4. The third-order valence-corrected chi connectivity index (χ3v) is 11.8. The van der Waals surface area contributed by atoms with Crippen LogP contribution in [0, 0.1) is 34.5 Å². The molecule has 0 spiro atoms. The number of nitrogens with zero attached hydrogens (tertiary/aromatic N) is 2. The van der Waals surface area contributed by atoms with Gasteiger partial charge >= 0.3 is 0 Å². The monoisotopic (exact) mass is 446 g/mol. The number of morpholine rings is 1. The molecule has 0 amide bonds. The van der Waals surface area contributed by atoms with E-state index >= 15 is 0 Å². The quantitative estimate of drug-likeness (QED) is 0.683. The Morgan fingerprint density at radius 1 is 0.781 bits per heavy atom. The van der Waals surface area contributed by atoms with Crippen molar-refractivity contribution in [2.45, 2.75) is 95.9 Å². The number of hydrogen-bond acceptors (Lipinski definition) is 5. The highest BCUT2D eigenvalue weighted by Gasteiger charge is 2.63. The minimum Gasteiger partial charge on any atom is -0.391 e. The normalized spacial score (nSPS) is 54.8. The van der Waals surface area contributed by atoms with Crippen molar-refractivity contribution in [1.82, 2.24) is 9.80 Å². The molecule has 6 fully saturated rings. The predicted molar refractivity (Wildman–Crippen MR) is 125 cm³/mol. The number of hydrogen-bond donors (Lipinski definition) is 2. The summed E-state index contributed by atoms with van der Waals surface area (Å²) in [6.07, 6.45) is 10.7. The molecule has 2 heterocycles. The third kappa shape index (κ3) is 3.28. The summed E-state index contributed by atoms with van der Waals surface area (Å²) in [5.74, 6) is 2.87. The maximum absolute atomic E-state index is 11.5. The van der Waals surface area contributed by atoms with Crippen molar-refractivity contribution in [2.75, 3.05) is 39.4 Å². The van der Waals surface area contributed by atoms with Crippen LogP contribution in [0.5, 0.6) is 0 Å². The predicted octanol–water partition coefficient (Wildman–Crippen LogP) is 3.14. The first-order chi connectivity index (χ1) is 15.4. The van der Waals surface area contributed by atoms with Crippen molar-refractivity contribution in [3.05, 3.63) is 0 Å². The third-order valence-electron chi connectivity index (χ3n) is 11.8. The molecule has 4 aliphatic carbocycles. The molecular formula is C27H46N2O3. The highest BCUT2D eigenvalue weighted by atomic mass is 16.5. The maximum Gasteiger partial charge on any atom is 0.0751 e. The number of rotatable bonds is 2. The number of likely N-dealkylation sites (tertiary alicyclic amines) is 1. The highest BCUT2D eigenvalue weighted by Crippen LogP contribution is 2.66. The zero-order valence-corrected chi connectivity index (χ0v) is 20.4. The molecule has 6 aliphatic rings. The fourth-order valence-electron chi connectivity index (χ4n) is 9.97. The summed E-state index contributed by atoms with van der Waals surface area (Å²) in [5.41, 5.74) is 0.443. The molecule has 10 atom stereocenters. The van der Waals surface area contributed by atoms with Crippen LogP contribution in [0.4, 0.5) is 0 Å². The van der Waals surface area contributed by atoms with Gasteiger partial charge in [0, 0.05) is 25.2 Å². The van der Waals surface area contributed by atoms with Crippen molar-refractivity contribution < 1.29 is 14.9 Å². The zero-order chi connectivity index (χ0) is 22.1. The summed E-state index contributed by atoms with van der Waals surface area (Å²) < 4.78 is 5.61. The standard InChI is InChI=1S/C27H46N2O3/c1-26-8-7-20-19(21(26)16-22(25(26)31)28-9-3-4-10-28)6-5-18-15-24(30)23(17-27(18,20)2)29-11-13-32-14-12-29/h18-25,30-31H,3-17H2,1-2H3/t18?,19-,20-,21+,22?,23?,24?,25?,26+,27+/m1/s1. The second-order valence-electron chi connectivity index (χ2n) is 12.9. The molecule has 0 bridgehead atoms. The lowest BCUT2D eigenvalue weighted by Gasteiger charge is -2.62. The maximum atomic E-state index is 11.5. The van der Waals surface area contributed by atoms with Gasteiger partial charge in [0.1, 0.15) is 0 Å². The van der Waals surface area contributed by atoms with Gasteiger partial charge in [0.25, 0.3) is 0 Å². The first-order valence-electron chi connectivity index (χ1n) is 13.8. The molecule has 6 rings (SSSR count). The van der Waals surface area contributed by atoms with Gasteiger partial charge in [0.05, 0.1) is 25.4 Å². The fraction of sp³-hybridized carbons (Fsp3) is 1.00. The first-order valence-corrected chi connectivity index (χ1v) is 13.8. The van der Waals surface area contributed by atoms with E-state index in [1.165, 1.54) is 58.0 Å². The SMILES string of the molecule is C[C@]12CC(N3CCOCC3)C(O)CC1CC[C@@H]1[C@H]2CC[C@]2(C)C(O)C(N3CCCC3)C[C@@H]12. The number of fused-ring (bicyclic) bond motifs is 5. The topological polar surface area (TPSA) is 56.2 Å². The van der Waals surface area contributed by atoms with E-state index in [0.717, 1.165) is 51.0 Å². The van der Waals surface area contributed by atoms with Crippen LogP contribution in [0.1, 0.15) is 71.6 Å². The molecule has 5 unspecified atom stereocenters. The van der Waals surface area contributed by atoms with E-state index in [2.05, 4.69) is 23.6 Å². The summed E-state index contributed by atoms with van der Waals surface area (Å²) in [7, 11) is 0. The smallest absolute Gasteiger partial charge is 0.0751 e. The average Bonchev–Trinajstić information content (AvgIpc) is 3.41. The summed E-state index contributed by atoms with van der Waals surface area (Å²) >= 11 is 0. The Morgan fingerprint density at radius 2 is 1.50 bits per heavy atom. The molecule has 2 N–H and O–H groups in total. The van der Waals surface area contributed by atoms with Crippen molar-refractivity contribution >= 4 is 0 Å². The molecule has 0 radical (unpaired) electrons. The van der Waals surface area contributed by atoms with E-state index in [1.807, 2.05) is 0 Å². The molecule has 2 aliphatic heterocycles. The van der Waals surface area contributed by atoms with Crippen molar-refractivity contribution in [3.63, 3.8) is 0 Å². The van der Waals surface area contributed by atoms with Crippen LogP contribution in [-0.4, -0.2) is 83.7 Å². The van der Waals surface area contributed by atoms with Gasteiger partial charge in [-0.1, -0.05) is 13.8 Å². The second-order valence-corrected chi connectivity index (χ2v) is 12.9. The van der Waals surface area contributed by atoms with Gasteiger partial charge in [0.15, 0.2) is 0 Å². The van der Waals surface area contributed by atoms with Crippen LogP contribution >= 0.6 is 0 Å². The summed E-state index contributed by atoms with van der Waals surface area (Å²) in [4.78, 5) is 5.16. The van der Waals surface area contributed by atoms with E-state index in [1.54, 1.807) is 0 Å². The molecule has 32 heavy (non-hydrogen) atoms. The Hall–Kier alpha value is -0.200. The lowest BCUT2D eigenvalue weighted by molar-refractivity contribution is -0.158. The lowest BCUT2D eigenvalue weighted by atomic mass is 9.44. The van der Waals surface area contributed by atoms with Crippen LogP contribution in [0.25, 0.3) is 0 Å². The number of ether oxygens (including phenoxy) is 1. The van der Waals surface area contributed by atoms with Crippen molar-refractivity contribution in [1.29, 1.82) is 0 Å². The van der Waals surface area contributed by atoms with Gasteiger partial charge in [-0.15, -0.1) is 0 Å². The molecule has 5 heteroatoms. The molecule has 0 aromatic carbocycles. The Kier molecular flexibility index (Phi) is 5.70. The Morgan fingerprint density at radius 3 is 2.25 bits per heavy atom. The second kappa shape index (κ2) is 8.19. The largest absolute Gasteiger partial charge is 0.391 e. The molecule has 2 saturated heterocycles. The Balaban J connectivity index is 1.25. The van der Waals surface area contributed by atoms with Crippen molar-refractivity contribution in [2.24, 2.45) is 34.5 Å². The van der Waals surface area contributed by atoms with E-state index in [-0.39, 0.29) is 17.6 Å². The molecule has 5 nitrogen and oxygen atoms in total. The molecular weight excluding hydrogens is 400 g/mol. The van der Waals surface area contributed by atoms with Gasteiger partial charge in [0.2, 0.25) is 0 Å². The molecule has 0 aromatic rings. The first kappa shape index (κ1) is 22.3. The van der Waals surface area contributed by atoms with Gasteiger partial charge in [-0.25, -0.2) is 0 Å². The molecule has 0 aromatic heterocycles. The Labute approximate surface area is 194 Å². The number of aliphatic hydroxyl groups is 2. The summed E-state index contributed by atoms with van der Waals surface area (Å²) in [6.45, 7) is 11.0. The summed E-state index contributed by atoms with van der Waals surface area (Å²) in [6, 6.07) is 0.699. The van der Waals surface area contributed by atoms with E-state index in [0.29, 0.717) is 29.3 Å². The van der Waals surface area contributed by atoms with Crippen LogP contribution < -0.4 is 0 Å². The van der Waals surface area contributed by atoms with Gasteiger partial charge in [-0.2, -0.15) is 0 Å². The summed E-state index contributed by atoms with van der Waals surface area (Å²) in [5, 5.41) is 22.7. The number of aliphatic hydroxyl groups excluding tert-OH is 2. The van der Waals surface area contributed by atoms with Crippen LogP contribution in [0.3, 0.4) is 0 Å². The van der Waals surface area contributed by atoms with E-state index in [4.69, 9.17) is 4.74 Å². The van der Waals surface area contributed by atoms with Gasteiger partial charge in [-0.05, 0) is 105 Å². The fourth-order valence-corrected chi connectivity index (χ4v) is 9.97. The lowest BCUT2D eigenvalue weighted by Crippen LogP contribution is -2.61.